The van der Waals surface area contributed by atoms with Crippen molar-refractivity contribution < 1.29 is 4.79 Å². The smallest absolute Gasteiger partial charge is 0.256 e. The van der Waals surface area contributed by atoms with Gasteiger partial charge in [-0.05, 0) is 55.6 Å². The summed E-state index contributed by atoms with van der Waals surface area (Å²) < 4.78 is 1.86. The molecule has 6 heteroatoms. The number of fused-ring (bicyclic) bond motifs is 3. The average molecular weight is 332 g/mol. The maximum absolute atomic E-state index is 12.4. The molecule has 0 bridgehead atoms. The second kappa shape index (κ2) is 7.81. The van der Waals surface area contributed by atoms with Crippen molar-refractivity contribution in [3.8, 4) is 0 Å². The first-order chi connectivity index (χ1) is 11.3. The predicted molar refractivity (Wildman–Crippen MR) is 94.2 cm³/mol. The minimum Gasteiger partial charge on any atom is -0.352 e. The number of aromatic nitrogens is 3. The van der Waals surface area contributed by atoms with Crippen LogP contribution in [0.5, 0.6) is 0 Å². The number of amides is 1. The van der Waals surface area contributed by atoms with Crippen LogP contribution >= 0.6 is 11.8 Å². The van der Waals surface area contributed by atoms with Gasteiger partial charge >= 0.3 is 0 Å². The molecule has 124 valence electrons. The summed E-state index contributed by atoms with van der Waals surface area (Å²) in [6.07, 6.45) is 10.3. The second-order valence-electron chi connectivity index (χ2n) is 5.95. The molecule has 0 radical (unpaired) electrons. The van der Waals surface area contributed by atoms with E-state index in [1.165, 1.54) is 36.3 Å². The molecule has 0 atom stereocenters. The highest BCUT2D eigenvalue weighted by atomic mass is 32.2. The van der Waals surface area contributed by atoms with Gasteiger partial charge in [-0.2, -0.15) is 16.9 Å². The number of carbonyl (C=O) groups is 1. The number of nitrogens with zero attached hydrogens (tertiary/aromatic N) is 3. The Morgan fingerprint density at radius 1 is 1.30 bits per heavy atom. The van der Waals surface area contributed by atoms with Gasteiger partial charge in [0.05, 0.1) is 6.20 Å². The van der Waals surface area contributed by atoms with E-state index in [9.17, 15) is 4.79 Å². The topological polar surface area (TPSA) is 59.3 Å². The van der Waals surface area contributed by atoms with E-state index in [-0.39, 0.29) is 5.91 Å². The molecule has 1 aliphatic carbocycles. The van der Waals surface area contributed by atoms with E-state index in [0.29, 0.717) is 17.8 Å². The van der Waals surface area contributed by atoms with Gasteiger partial charge in [-0.15, -0.1) is 0 Å². The third-order valence-corrected chi connectivity index (χ3v) is 5.44. The van der Waals surface area contributed by atoms with Gasteiger partial charge in [-0.25, -0.2) is 9.50 Å². The minimum atomic E-state index is -0.0660. The van der Waals surface area contributed by atoms with Gasteiger partial charge in [0, 0.05) is 18.4 Å². The third kappa shape index (κ3) is 3.68. The molecule has 1 amide bonds. The molecular formula is C17H24N4OS. The monoisotopic (exact) mass is 332 g/mol. The van der Waals surface area contributed by atoms with Crippen LogP contribution in [0.4, 0.5) is 0 Å². The van der Waals surface area contributed by atoms with Crippen molar-refractivity contribution in [2.45, 2.75) is 45.4 Å². The summed E-state index contributed by atoms with van der Waals surface area (Å²) in [6, 6.07) is 0. The Kier molecular flexibility index (Phi) is 5.54. The van der Waals surface area contributed by atoms with Gasteiger partial charge in [0.2, 0.25) is 0 Å². The number of rotatable bonds is 7. The van der Waals surface area contributed by atoms with Crippen molar-refractivity contribution in [3.05, 3.63) is 29.2 Å². The first-order valence-corrected chi connectivity index (χ1v) is 9.67. The maximum atomic E-state index is 12.4. The van der Waals surface area contributed by atoms with Crippen LogP contribution in [0, 0.1) is 0 Å². The molecule has 3 rings (SSSR count). The Hall–Kier alpha value is -1.56. The summed E-state index contributed by atoms with van der Waals surface area (Å²) in [5, 5.41) is 7.40. The van der Waals surface area contributed by atoms with Gasteiger partial charge in [-0.1, -0.05) is 6.92 Å². The van der Waals surface area contributed by atoms with Crippen LogP contribution in [0.15, 0.2) is 12.4 Å². The van der Waals surface area contributed by atoms with Crippen LogP contribution in [0.3, 0.4) is 0 Å². The van der Waals surface area contributed by atoms with E-state index in [1.807, 2.05) is 22.5 Å². The molecule has 0 saturated heterocycles. The first-order valence-electron chi connectivity index (χ1n) is 8.51. The van der Waals surface area contributed by atoms with E-state index < -0.39 is 0 Å². The molecule has 0 fully saturated rings. The van der Waals surface area contributed by atoms with Gasteiger partial charge in [0.25, 0.3) is 5.91 Å². The van der Waals surface area contributed by atoms with Crippen molar-refractivity contribution in [1.82, 2.24) is 19.9 Å². The predicted octanol–water partition coefficient (Wildman–Crippen LogP) is 2.87. The van der Waals surface area contributed by atoms with Crippen molar-refractivity contribution >= 4 is 23.3 Å². The molecule has 2 heterocycles. The van der Waals surface area contributed by atoms with Crippen molar-refractivity contribution in [1.29, 1.82) is 0 Å². The Labute approximate surface area is 141 Å². The Bertz CT molecular complexity index is 683. The zero-order valence-corrected chi connectivity index (χ0v) is 14.5. The number of nitrogens with one attached hydrogen (secondary N) is 1. The molecule has 2 aromatic rings. The number of hydrogen-bond donors (Lipinski definition) is 1. The number of hydrogen-bond acceptors (Lipinski definition) is 4. The fraction of sp³-hybridized carbons (Fsp3) is 0.588. The molecular weight excluding hydrogens is 308 g/mol. The standard InChI is InChI=1S/C17H24N4OS/c1-2-9-23-10-5-8-18-17(22)14-12-20-21-15-7-4-3-6-13(15)11-19-16(14)21/h11-12H,2-10H2,1H3,(H,18,22). The number of thioether (sulfide) groups is 1. The number of aryl methyl sites for hydroxylation is 2. The lowest BCUT2D eigenvalue weighted by Crippen LogP contribution is -2.25. The van der Waals surface area contributed by atoms with Crippen molar-refractivity contribution in [3.63, 3.8) is 0 Å². The van der Waals surface area contributed by atoms with Crippen LogP contribution < -0.4 is 5.32 Å². The van der Waals surface area contributed by atoms with Crippen LogP contribution in [0.2, 0.25) is 0 Å². The summed E-state index contributed by atoms with van der Waals surface area (Å²) in [5.41, 5.74) is 3.76. The van der Waals surface area contributed by atoms with E-state index in [1.54, 1.807) is 6.20 Å². The fourth-order valence-corrected chi connectivity index (χ4v) is 3.82. The molecule has 0 spiro atoms. The lowest BCUT2D eigenvalue weighted by Gasteiger charge is -2.15. The first kappa shape index (κ1) is 16.3. The van der Waals surface area contributed by atoms with E-state index in [2.05, 4.69) is 22.3 Å². The van der Waals surface area contributed by atoms with E-state index in [0.717, 1.165) is 25.0 Å². The third-order valence-electron chi connectivity index (χ3n) is 4.17. The average Bonchev–Trinajstić information content (AvgIpc) is 3.02. The summed E-state index contributed by atoms with van der Waals surface area (Å²) in [4.78, 5) is 16.8. The van der Waals surface area contributed by atoms with Crippen LogP contribution in [0.25, 0.3) is 5.65 Å². The van der Waals surface area contributed by atoms with Gasteiger partial charge < -0.3 is 5.32 Å². The zero-order chi connectivity index (χ0) is 16.1. The molecule has 23 heavy (non-hydrogen) atoms. The summed E-state index contributed by atoms with van der Waals surface area (Å²) in [7, 11) is 0. The molecule has 5 nitrogen and oxygen atoms in total. The lowest BCUT2D eigenvalue weighted by atomic mass is 9.97. The Morgan fingerprint density at radius 3 is 3.04 bits per heavy atom. The summed E-state index contributed by atoms with van der Waals surface area (Å²) in [6.45, 7) is 2.89. The lowest BCUT2D eigenvalue weighted by molar-refractivity contribution is 0.0955. The van der Waals surface area contributed by atoms with E-state index >= 15 is 0 Å². The van der Waals surface area contributed by atoms with Crippen LogP contribution in [-0.2, 0) is 12.8 Å². The molecule has 1 N–H and O–H groups in total. The normalized spacial score (nSPS) is 14.0. The maximum Gasteiger partial charge on any atom is 0.256 e. The highest BCUT2D eigenvalue weighted by Gasteiger charge is 2.19. The second-order valence-corrected chi connectivity index (χ2v) is 7.18. The van der Waals surface area contributed by atoms with Gasteiger partial charge in [0.15, 0.2) is 5.65 Å². The summed E-state index contributed by atoms with van der Waals surface area (Å²) in [5.74, 6) is 2.22. The highest BCUT2D eigenvalue weighted by Crippen LogP contribution is 2.22. The molecule has 1 aliphatic rings. The van der Waals surface area contributed by atoms with Crippen LogP contribution in [-0.4, -0.2) is 38.6 Å². The summed E-state index contributed by atoms with van der Waals surface area (Å²) >= 11 is 1.94. The molecule has 0 aliphatic heterocycles. The molecule has 2 aromatic heterocycles. The largest absolute Gasteiger partial charge is 0.352 e. The van der Waals surface area contributed by atoms with Gasteiger partial charge in [-0.3, -0.25) is 4.79 Å². The minimum absolute atomic E-state index is 0.0660. The van der Waals surface area contributed by atoms with Gasteiger partial charge in [0.1, 0.15) is 5.56 Å². The molecule has 0 unspecified atom stereocenters. The Morgan fingerprint density at radius 2 is 2.17 bits per heavy atom. The fourth-order valence-electron chi connectivity index (χ4n) is 2.97. The number of carbonyl (C=O) groups excluding carboxylic acids is 1. The van der Waals surface area contributed by atoms with E-state index in [4.69, 9.17) is 0 Å². The highest BCUT2D eigenvalue weighted by molar-refractivity contribution is 7.99. The van der Waals surface area contributed by atoms with Crippen molar-refractivity contribution in [2.75, 3.05) is 18.1 Å². The molecule has 0 aromatic carbocycles. The zero-order valence-electron chi connectivity index (χ0n) is 13.7. The SMILES string of the molecule is CCCSCCCNC(=O)c1cnn2c3c(cnc12)CCCC3. The van der Waals surface area contributed by atoms with Crippen LogP contribution in [0.1, 0.15) is 54.2 Å². The van der Waals surface area contributed by atoms with Crippen molar-refractivity contribution in [2.24, 2.45) is 0 Å². The quantitative estimate of drug-likeness (QED) is 0.792. The Balaban J connectivity index is 1.65. The molecule has 0 saturated carbocycles.